The van der Waals surface area contributed by atoms with Crippen LogP contribution in [-0.4, -0.2) is 60.8 Å². The fourth-order valence-electron chi connectivity index (χ4n) is 4.21. The molecule has 2 atom stereocenters. The van der Waals surface area contributed by atoms with E-state index in [0.29, 0.717) is 6.04 Å². The lowest BCUT2D eigenvalue weighted by Gasteiger charge is -2.33. The molecule has 5 heteroatoms. The number of nitrogens with one attached hydrogen (secondary N) is 2. The van der Waals surface area contributed by atoms with Crippen LogP contribution in [0.4, 0.5) is 0 Å². The predicted molar refractivity (Wildman–Crippen MR) is 101 cm³/mol. The summed E-state index contributed by atoms with van der Waals surface area (Å²) in [7, 11) is 0. The van der Waals surface area contributed by atoms with Crippen LogP contribution >= 0.6 is 0 Å². The Labute approximate surface area is 148 Å². The van der Waals surface area contributed by atoms with Crippen LogP contribution in [0.25, 0.3) is 0 Å². The van der Waals surface area contributed by atoms with Gasteiger partial charge in [-0.05, 0) is 63.8 Å². The topological polar surface area (TPSA) is 59.9 Å². The van der Waals surface area contributed by atoms with Gasteiger partial charge in [0.1, 0.15) is 0 Å². The van der Waals surface area contributed by atoms with E-state index >= 15 is 0 Å². The van der Waals surface area contributed by atoms with Crippen molar-refractivity contribution in [3.8, 4) is 0 Å². The maximum atomic E-state index is 9.56. The van der Waals surface area contributed by atoms with Crippen LogP contribution in [0.15, 0.2) is 4.99 Å². The van der Waals surface area contributed by atoms with E-state index in [2.05, 4.69) is 36.3 Å². The third-order valence-corrected chi connectivity index (χ3v) is 5.32. The summed E-state index contributed by atoms with van der Waals surface area (Å²) in [5, 5.41) is 16.6. The molecule has 140 valence electrons. The third kappa shape index (κ3) is 6.98. The summed E-state index contributed by atoms with van der Waals surface area (Å²) in [6.45, 7) is 11.8. The maximum Gasteiger partial charge on any atom is 0.191 e. The lowest BCUT2D eigenvalue weighted by Crippen LogP contribution is -2.46. The summed E-state index contributed by atoms with van der Waals surface area (Å²) in [5.41, 5.74) is 0. The molecule has 3 N–H and O–H groups in total. The number of hydrogen-bond acceptors (Lipinski definition) is 3. The molecule has 0 spiro atoms. The van der Waals surface area contributed by atoms with Crippen molar-refractivity contribution < 1.29 is 5.11 Å². The van der Waals surface area contributed by atoms with Crippen molar-refractivity contribution in [1.29, 1.82) is 0 Å². The van der Waals surface area contributed by atoms with Crippen molar-refractivity contribution in [2.24, 2.45) is 16.8 Å². The molecule has 0 amide bonds. The van der Waals surface area contributed by atoms with Crippen LogP contribution < -0.4 is 10.6 Å². The normalized spacial score (nSPS) is 30.3. The Hall–Kier alpha value is -0.810. The second-order valence-electron chi connectivity index (χ2n) is 7.95. The van der Waals surface area contributed by atoms with Crippen LogP contribution in [0.5, 0.6) is 0 Å². The quantitative estimate of drug-likeness (QED) is 0.395. The van der Waals surface area contributed by atoms with Gasteiger partial charge in [-0.1, -0.05) is 13.8 Å². The first-order chi connectivity index (χ1) is 11.6. The van der Waals surface area contributed by atoms with Gasteiger partial charge in [0.15, 0.2) is 5.96 Å². The molecule has 0 aromatic rings. The summed E-state index contributed by atoms with van der Waals surface area (Å²) in [6, 6.07) is 0.560. The third-order valence-electron chi connectivity index (χ3n) is 5.32. The van der Waals surface area contributed by atoms with Gasteiger partial charge in [0.05, 0.1) is 6.10 Å². The standard InChI is InChI=1S/C19H38N4O/c1-4-20-19(22-17-13-15(2)12-16(3)14-17)21-8-5-9-23-10-6-18(24)7-11-23/h15-18,24H,4-14H2,1-3H3,(H2,20,21,22). The smallest absolute Gasteiger partial charge is 0.191 e. The summed E-state index contributed by atoms with van der Waals surface area (Å²) in [5.74, 6) is 2.60. The van der Waals surface area contributed by atoms with Gasteiger partial charge in [-0.25, -0.2) is 0 Å². The van der Waals surface area contributed by atoms with Gasteiger partial charge in [-0.2, -0.15) is 0 Å². The molecule has 24 heavy (non-hydrogen) atoms. The van der Waals surface area contributed by atoms with Crippen molar-refractivity contribution in [2.75, 3.05) is 32.7 Å². The van der Waals surface area contributed by atoms with Gasteiger partial charge in [0.2, 0.25) is 0 Å². The first kappa shape index (κ1) is 19.5. The zero-order valence-corrected chi connectivity index (χ0v) is 15.9. The van der Waals surface area contributed by atoms with Gasteiger partial charge in [-0.15, -0.1) is 0 Å². The van der Waals surface area contributed by atoms with Crippen LogP contribution in [0.2, 0.25) is 0 Å². The van der Waals surface area contributed by atoms with E-state index in [1.807, 2.05) is 0 Å². The van der Waals surface area contributed by atoms with Crippen LogP contribution in [0, 0.1) is 11.8 Å². The van der Waals surface area contributed by atoms with Crippen molar-refractivity contribution in [3.63, 3.8) is 0 Å². The van der Waals surface area contributed by atoms with E-state index in [-0.39, 0.29) is 6.10 Å². The molecule has 2 fully saturated rings. The van der Waals surface area contributed by atoms with Gasteiger partial charge in [0, 0.05) is 32.2 Å². The minimum Gasteiger partial charge on any atom is -0.393 e. The van der Waals surface area contributed by atoms with Crippen molar-refractivity contribution in [1.82, 2.24) is 15.5 Å². The minimum atomic E-state index is -0.0795. The summed E-state index contributed by atoms with van der Waals surface area (Å²) >= 11 is 0. The largest absolute Gasteiger partial charge is 0.393 e. The first-order valence-corrected chi connectivity index (χ1v) is 10.0. The van der Waals surface area contributed by atoms with Crippen LogP contribution in [0.1, 0.15) is 59.3 Å². The molecule has 2 aliphatic rings. The molecule has 0 aromatic heterocycles. The molecule has 0 aromatic carbocycles. The number of hydrogen-bond donors (Lipinski definition) is 3. The Kier molecular flexibility index (Phi) is 8.33. The lowest BCUT2D eigenvalue weighted by atomic mass is 9.80. The molecule has 1 aliphatic carbocycles. The van der Waals surface area contributed by atoms with E-state index < -0.39 is 0 Å². The number of guanidine groups is 1. The first-order valence-electron chi connectivity index (χ1n) is 10.0. The molecule has 1 saturated heterocycles. The molecule has 1 saturated carbocycles. The molecule has 2 rings (SSSR count). The SMILES string of the molecule is CCNC(=NCCCN1CCC(O)CC1)NC1CC(C)CC(C)C1. The Bertz CT molecular complexity index is 370. The molecule has 1 heterocycles. The highest BCUT2D eigenvalue weighted by molar-refractivity contribution is 5.80. The van der Waals surface area contributed by atoms with Crippen LogP contribution in [0.3, 0.4) is 0 Å². The Morgan fingerprint density at radius 1 is 1.12 bits per heavy atom. The minimum absolute atomic E-state index is 0.0795. The van der Waals surface area contributed by atoms with Crippen molar-refractivity contribution in [2.45, 2.75) is 71.4 Å². The van der Waals surface area contributed by atoms with Crippen LogP contribution in [-0.2, 0) is 0 Å². The number of aliphatic hydroxyl groups excluding tert-OH is 1. The maximum absolute atomic E-state index is 9.56. The monoisotopic (exact) mass is 338 g/mol. The lowest BCUT2D eigenvalue weighted by molar-refractivity contribution is 0.0824. The average Bonchev–Trinajstić information content (AvgIpc) is 2.52. The molecule has 0 radical (unpaired) electrons. The van der Waals surface area contributed by atoms with Crippen molar-refractivity contribution >= 4 is 5.96 Å². The molecular formula is C19H38N4O. The number of rotatable bonds is 6. The number of piperidine rings is 1. The van der Waals surface area contributed by atoms with Gasteiger partial charge >= 0.3 is 0 Å². The number of nitrogens with zero attached hydrogens (tertiary/aromatic N) is 2. The second-order valence-corrected chi connectivity index (χ2v) is 7.95. The van der Waals surface area contributed by atoms with E-state index in [9.17, 15) is 5.11 Å². The summed E-state index contributed by atoms with van der Waals surface area (Å²) in [6.07, 6.45) is 6.72. The fourth-order valence-corrected chi connectivity index (χ4v) is 4.21. The number of likely N-dealkylation sites (tertiary alicyclic amines) is 1. The average molecular weight is 339 g/mol. The van der Waals surface area contributed by atoms with Gasteiger partial charge in [-0.3, -0.25) is 4.99 Å². The molecule has 1 aliphatic heterocycles. The zero-order valence-electron chi connectivity index (χ0n) is 15.9. The van der Waals surface area contributed by atoms with E-state index in [4.69, 9.17) is 4.99 Å². The molecule has 5 nitrogen and oxygen atoms in total. The highest BCUT2D eigenvalue weighted by Gasteiger charge is 2.24. The zero-order chi connectivity index (χ0) is 17.4. The van der Waals surface area contributed by atoms with E-state index in [0.717, 1.165) is 69.8 Å². The van der Waals surface area contributed by atoms with E-state index in [1.54, 1.807) is 0 Å². The van der Waals surface area contributed by atoms with Crippen molar-refractivity contribution in [3.05, 3.63) is 0 Å². The highest BCUT2D eigenvalue weighted by atomic mass is 16.3. The Morgan fingerprint density at radius 3 is 2.42 bits per heavy atom. The highest BCUT2D eigenvalue weighted by Crippen LogP contribution is 2.28. The Balaban J connectivity index is 1.71. The summed E-state index contributed by atoms with van der Waals surface area (Å²) < 4.78 is 0. The van der Waals surface area contributed by atoms with Gasteiger partial charge in [0.25, 0.3) is 0 Å². The second kappa shape index (κ2) is 10.2. The molecular weight excluding hydrogens is 300 g/mol. The Morgan fingerprint density at radius 2 is 1.79 bits per heavy atom. The fraction of sp³-hybridized carbons (Fsp3) is 0.947. The summed E-state index contributed by atoms with van der Waals surface area (Å²) in [4.78, 5) is 7.23. The molecule has 0 bridgehead atoms. The predicted octanol–water partition coefficient (Wildman–Crippen LogP) is 2.21. The number of aliphatic imine (C=N–C) groups is 1. The molecule has 2 unspecified atom stereocenters. The van der Waals surface area contributed by atoms with E-state index in [1.165, 1.54) is 19.3 Å². The van der Waals surface area contributed by atoms with Gasteiger partial charge < -0.3 is 20.6 Å². The number of aliphatic hydroxyl groups is 1.